The van der Waals surface area contributed by atoms with Gasteiger partial charge < -0.3 is 4.42 Å². The summed E-state index contributed by atoms with van der Waals surface area (Å²) in [6, 6.07) is 21.8. The first-order valence-electron chi connectivity index (χ1n) is 10.5. The van der Waals surface area contributed by atoms with Crippen LogP contribution in [-0.4, -0.2) is 4.98 Å². The van der Waals surface area contributed by atoms with Crippen LogP contribution in [0.15, 0.2) is 71.3 Å². The topological polar surface area (TPSA) is 26.0 Å². The van der Waals surface area contributed by atoms with E-state index in [0.717, 1.165) is 22.4 Å². The first-order valence-corrected chi connectivity index (χ1v) is 10.5. The van der Waals surface area contributed by atoms with Crippen LogP contribution < -0.4 is 0 Å². The van der Waals surface area contributed by atoms with Gasteiger partial charge in [-0.3, -0.25) is 4.98 Å². The predicted molar refractivity (Wildman–Crippen MR) is 124 cm³/mol. The number of pyridine rings is 1. The van der Waals surface area contributed by atoms with Crippen LogP contribution in [0.4, 0.5) is 0 Å². The molecule has 0 spiro atoms. The number of hydrogen-bond donors (Lipinski definition) is 0. The van der Waals surface area contributed by atoms with Crippen LogP contribution in [0.25, 0.3) is 44.3 Å². The van der Waals surface area contributed by atoms with Gasteiger partial charge in [0, 0.05) is 27.9 Å². The minimum Gasteiger partial charge on any atom is -0.455 e. The van der Waals surface area contributed by atoms with Crippen molar-refractivity contribution in [3.8, 4) is 22.4 Å². The summed E-state index contributed by atoms with van der Waals surface area (Å²) in [6.45, 7) is 8.87. The lowest BCUT2D eigenvalue weighted by Gasteiger charge is -2.21. The Morgan fingerprint density at radius 2 is 1.67 bits per heavy atom. The van der Waals surface area contributed by atoms with E-state index in [-0.39, 0.29) is 5.41 Å². The van der Waals surface area contributed by atoms with E-state index in [1.165, 1.54) is 44.2 Å². The highest BCUT2D eigenvalue weighted by Crippen LogP contribution is 2.53. The standard InChI is InChI=1S/C28H23NO/c1-16-13-14-29-22(15-16)24-17(2)9-10-19-26-23(30-27(19)24)12-11-21-25(26)18-7-5-6-8-20(18)28(21,3)4/h5-15H,1-4H3. The fraction of sp³-hybridized carbons (Fsp3) is 0.179. The van der Waals surface area contributed by atoms with E-state index >= 15 is 0 Å². The molecule has 0 bridgehead atoms. The largest absolute Gasteiger partial charge is 0.455 e. The zero-order chi connectivity index (χ0) is 20.6. The van der Waals surface area contributed by atoms with Gasteiger partial charge >= 0.3 is 0 Å². The third-order valence-electron chi connectivity index (χ3n) is 6.73. The van der Waals surface area contributed by atoms with Gasteiger partial charge in [0.2, 0.25) is 0 Å². The Bertz CT molecular complexity index is 1490. The molecule has 6 rings (SSSR count). The second kappa shape index (κ2) is 5.82. The lowest BCUT2D eigenvalue weighted by atomic mass is 9.82. The Morgan fingerprint density at radius 1 is 0.833 bits per heavy atom. The monoisotopic (exact) mass is 389 g/mol. The average molecular weight is 389 g/mol. The van der Waals surface area contributed by atoms with Gasteiger partial charge in [0.25, 0.3) is 0 Å². The second-order valence-electron chi connectivity index (χ2n) is 8.99. The summed E-state index contributed by atoms with van der Waals surface area (Å²) in [5.41, 5.74) is 11.7. The molecule has 146 valence electrons. The van der Waals surface area contributed by atoms with Gasteiger partial charge in [0.05, 0.1) is 5.69 Å². The molecule has 2 aromatic heterocycles. The predicted octanol–water partition coefficient (Wildman–Crippen LogP) is 7.57. The van der Waals surface area contributed by atoms with Crippen LogP contribution in [0.5, 0.6) is 0 Å². The Kier molecular flexibility index (Phi) is 3.39. The Morgan fingerprint density at radius 3 is 2.50 bits per heavy atom. The Hall–Kier alpha value is -3.39. The lowest BCUT2D eigenvalue weighted by Crippen LogP contribution is -2.14. The minimum atomic E-state index is -0.0185. The maximum absolute atomic E-state index is 6.53. The van der Waals surface area contributed by atoms with Crippen LogP contribution in [0, 0.1) is 13.8 Å². The fourth-order valence-electron chi connectivity index (χ4n) is 5.21. The van der Waals surface area contributed by atoms with Crippen molar-refractivity contribution in [2.45, 2.75) is 33.1 Å². The summed E-state index contributed by atoms with van der Waals surface area (Å²) in [7, 11) is 0. The molecular formula is C28H23NO. The van der Waals surface area contributed by atoms with Crippen molar-refractivity contribution in [1.29, 1.82) is 0 Å². The van der Waals surface area contributed by atoms with E-state index < -0.39 is 0 Å². The van der Waals surface area contributed by atoms with Crippen molar-refractivity contribution >= 4 is 21.9 Å². The maximum atomic E-state index is 6.53. The number of aryl methyl sites for hydroxylation is 2. The van der Waals surface area contributed by atoms with Crippen LogP contribution in [0.2, 0.25) is 0 Å². The van der Waals surface area contributed by atoms with Gasteiger partial charge in [-0.05, 0) is 65.4 Å². The molecule has 0 amide bonds. The summed E-state index contributed by atoms with van der Waals surface area (Å²) >= 11 is 0. The third-order valence-corrected chi connectivity index (χ3v) is 6.73. The van der Waals surface area contributed by atoms with Crippen LogP contribution >= 0.6 is 0 Å². The van der Waals surface area contributed by atoms with E-state index in [2.05, 4.69) is 87.3 Å². The van der Waals surface area contributed by atoms with Gasteiger partial charge in [0.15, 0.2) is 0 Å². The molecular weight excluding hydrogens is 366 g/mol. The van der Waals surface area contributed by atoms with Crippen molar-refractivity contribution < 1.29 is 4.42 Å². The molecule has 0 unspecified atom stereocenters. The molecule has 0 saturated carbocycles. The van der Waals surface area contributed by atoms with Gasteiger partial charge in [-0.15, -0.1) is 0 Å². The number of fused-ring (bicyclic) bond motifs is 7. The number of rotatable bonds is 1. The van der Waals surface area contributed by atoms with Gasteiger partial charge in [-0.1, -0.05) is 56.3 Å². The van der Waals surface area contributed by atoms with Gasteiger partial charge in [-0.2, -0.15) is 0 Å². The van der Waals surface area contributed by atoms with Crippen LogP contribution in [-0.2, 0) is 5.41 Å². The molecule has 0 N–H and O–H groups in total. The SMILES string of the molecule is Cc1ccnc(-c2c(C)ccc3c2oc2ccc4c(c23)-c2ccccc2C4(C)C)c1. The minimum absolute atomic E-state index is 0.0185. The summed E-state index contributed by atoms with van der Waals surface area (Å²) in [4.78, 5) is 4.66. The first-order chi connectivity index (χ1) is 14.5. The molecule has 1 aliphatic rings. The molecule has 30 heavy (non-hydrogen) atoms. The molecule has 2 nitrogen and oxygen atoms in total. The van der Waals surface area contributed by atoms with E-state index in [9.17, 15) is 0 Å². The Labute approximate surface area is 176 Å². The zero-order valence-electron chi connectivity index (χ0n) is 17.7. The number of nitrogens with zero attached hydrogens (tertiary/aromatic N) is 1. The van der Waals surface area contributed by atoms with E-state index in [0.29, 0.717) is 0 Å². The molecule has 0 aliphatic heterocycles. The van der Waals surface area contributed by atoms with Gasteiger partial charge in [-0.25, -0.2) is 0 Å². The van der Waals surface area contributed by atoms with Crippen molar-refractivity contribution in [3.63, 3.8) is 0 Å². The second-order valence-corrected chi connectivity index (χ2v) is 8.99. The van der Waals surface area contributed by atoms with Crippen molar-refractivity contribution in [3.05, 3.63) is 89.1 Å². The lowest BCUT2D eigenvalue weighted by molar-refractivity contribution is 0.657. The zero-order valence-corrected chi connectivity index (χ0v) is 17.7. The molecule has 0 atom stereocenters. The molecule has 0 saturated heterocycles. The first kappa shape index (κ1) is 17.5. The molecule has 1 aliphatic carbocycles. The van der Waals surface area contributed by atoms with Crippen LogP contribution in [0.3, 0.4) is 0 Å². The normalized spacial score (nSPS) is 14.3. The number of furan rings is 1. The van der Waals surface area contributed by atoms with Crippen LogP contribution in [0.1, 0.15) is 36.1 Å². The van der Waals surface area contributed by atoms with E-state index in [1.807, 2.05) is 12.3 Å². The quantitative estimate of drug-likeness (QED) is 0.295. The highest BCUT2D eigenvalue weighted by atomic mass is 16.3. The van der Waals surface area contributed by atoms with E-state index in [4.69, 9.17) is 4.42 Å². The summed E-state index contributed by atoms with van der Waals surface area (Å²) in [5, 5.41) is 2.38. The van der Waals surface area contributed by atoms with Crippen molar-refractivity contribution in [1.82, 2.24) is 4.98 Å². The maximum Gasteiger partial charge on any atom is 0.145 e. The van der Waals surface area contributed by atoms with Crippen molar-refractivity contribution in [2.75, 3.05) is 0 Å². The Balaban J connectivity index is 1.77. The summed E-state index contributed by atoms with van der Waals surface area (Å²) in [5.74, 6) is 0. The third kappa shape index (κ3) is 2.16. The highest BCUT2D eigenvalue weighted by molar-refractivity contribution is 6.17. The molecule has 2 heterocycles. The molecule has 0 fully saturated rings. The van der Waals surface area contributed by atoms with E-state index in [1.54, 1.807) is 0 Å². The smallest absolute Gasteiger partial charge is 0.145 e. The highest BCUT2D eigenvalue weighted by Gasteiger charge is 2.37. The summed E-state index contributed by atoms with van der Waals surface area (Å²) in [6.07, 6.45) is 1.88. The van der Waals surface area contributed by atoms with Crippen molar-refractivity contribution in [2.24, 2.45) is 0 Å². The molecule has 3 aromatic carbocycles. The molecule has 0 radical (unpaired) electrons. The average Bonchev–Trinajstić information content (AvgIpc) is 3.21. The van der Waals surface area contributed by atoms with Gasteiger partial charge in [0.1, 0.15) is 11.2 Å². The number of hydrogen-bond acceptors (Lipinski definition) is 2. The summed E-state index contributed by atoms with van der Waals surface area (Å²) < 4.78 is 6.53. The molecule has 2 heteroatoms. The molecule has 5 aromatic rings. The fourth-order valence-corrected chi connectivity index (χ4v) is 5.21. The number of aromatic nitrogens is 1. The number of benzene rings is 3.